The van der Waals surface area contributed by atoms with Crippen LogP contribution in [-0.4, -0.2) is 59.4 Å². The Labute approximate surface area is 160 Å². The summed E-state index contributed by atoms with van der Waals surface area (Å²) < 4.78 is 0. The minimum Gasteiger partial charge on any atom is -0.336 e. The van der Waals surface area contributed by atoms with E-state index in [0.29, 0.717) is 11.9 Å². The maximum atomic E-state index is 13.5. The molecule has 25 heavy (non-hydrogen) atoms. The second-order valence-corrected chi connectivity index (χ2v) is 9.14. The van der Waals surface area contributed by atoms with Gasteiger partial charge in [0.25, 0.3) is 0 Å². The quantitative estimate of drug-likeness (QED) is 0.799. The summed E-state index contributed by atoms with van der Waals surface area (Å²) in [5.74, 6) is 2.49. The zero-order chi connectivity index (χ0) is 17.2. The number of amides is 1. The Morgan fingerprint density at radius 1 is 1.20 bits per heavy atom. The highest BCUT2D eigenvalue weighted by molar-refractivity contribution is 7.99. The van der Waals surface area contributed by atoms with Gasteiger partial charge in [-0.25, -0.2) is 0 Å². The Bertz CT molecular complexity index is 632. The van der Waals surface area contributed by atoms with Gasteiger partial charge in [0.15, 0.2) is 0 Å². The molecule has 2 atom stereocenters. The van der Waals surface area contributed by atoms with Crippen LogP contribution in [0.2, 0.25) is 5.02 Å². The maximum absolute atomic E-state index is 13.5. The summed E-state index contributed by atoms with van der Waals surface area (Å²) in [7, 11) is 0. The van der Waals surface area contributed by atoms with Gasteiger partial charge in [-0.3, -0.25) is 4.79 Å². The molecule has 136 valence electrons. The second-order valence-electron chi connectivity index (χ2n) is 7.56. The first-order valence-electron chi connectivity index (χ1n) is 9.61. The standard InChI is InChI=1S/C20H27ClN2OS/c21-16-7-6-15-4-3-5-18(19(15)12-16)20(24)23-10-11-25-14-17(23)13-22-8-1-2-9-22/h6-7,12,17-18H,1-5,8-11,13-14H2. The normalized spacial score (nSPS) is 27.3. The number of likely N-dealkylation sites (tertiary alicyclic amines) is 1. The number of rotatable bonds is 3. The summed E-state index contributed by atoms with van der Waals surface area (Å²) in [5, 5.41) is 0.751. The average molecular weight is 379 g/mol. The van der Waals surface area contributed by atoms with Crippen LogP contribution in [0.5, 0.6) is 0 Å². The molecular weight excluding hydrogens is 352 g/mol. The Balaban J connectivity index is 1.53. The van der Waals surface area contributed by atoms with Crippen LogP contribution in [0.3, 0.4) is 0 Å². The predicted molar refractivity (Wildman–Crippen MR) is 106 cm³/mol. The minimum atomic E-state index is 0.00614. The van der Waals surface area contributed by atoms with Crippen molar-refractivity contribution in [3.8, 4) is 0 Å². The molecule has 5 heteroatoms. The molecule has 3 aliphatic rings. The van der Waals surface area contributed by atoms with Gasteiger partial charge in [-0.2, -0.15) is 11.8 Å². The van der Waals surface area contributed by atoms with E-state index in [9.17, 15) is 4.79 Å². The molecule has 2 heterocycles. The fourth-order valence-corrected chi connectivity index (χ4v) is 5.82. The number of carbonyl (C=O) groups is 1. The van der Waals surface area contributed by atoms with Gasteiger partial charge in [-0.05, 0) is 68.5 Å². The number of hydrogen-bond donors (Lipinski definition) is 0. The molecule has 2 saturated heterocycles. The molecule has 2 fully saturated rings. The van der Waals surface area contributed by atoms with Gasteiger partial charge in [0.2, 0.25) is 5.91 Å². The van der Waals surface area contributed by atoms with E-state index in [1.165, 1.54) is 37.1 Å². The minimum absolute atomic E-state index is 0.00614. The first kappa shape index (κ1) is 17.7. The van der Waals surface area contributed by atoms with Crippen molar-refractivity contribution in [2.24, 2.45) is 0 Å². The molecule has 2 unspecified atom stereocenters. The molecule has 4 rings (SSSR count). The molecule has 0 bridgehead atoms. The molecule has 0 N–H and O–H groups in total. The van der Waals surface area contributed by atoms with Crippen LogP contribution in [-0.2, 0) is 11.2 Å². The number of hydrogen-bond acceptors (Lipinski definition) is 3. The Hall–Kier alpha value is -0.710. The first-order valence-corrected chi connectivity index (χ1v) is 11.1. The van der Waals surface area contributed by atoms with Crippen molar-refractivity contribution < 1.29 is 4.79 Å². The lowest BCUT2D eigenvalue weighted by Crippen LogP contribution is -2.52. The number of carbonyl (C=O) groups excluding carboxylic acids is 1. The third-order valence-electron chi connectivity index (χ3n) is 5.90. The summed E-state index contributed by atoms with van der Waals surface area (Å²) >= 11 is 8.24. The molecule has 1 aromatic carbocycles. The smallest absolute Gasteiger partial charge is 0.230 e. The fourth-order valence-electron chi connectivity index (χ4n) is 4.59. The molecule has 3 nitrogen and oxygen atoms in total. The van der Waals surface area contributed by atoms with Gasteiger partial charge in [0, 0.05) is 29.6 Å². The van der Waals surface area contributed by atoms with E-state index in [1.807, 2.05) is 23.9 Å². The van der Waals surface area contributed by atoms with E-state index in [1.54, 1.807) is 0 Å². The number of nitrogens with zero attached hydrogens (tertiary/aromatic N) is 2. The Morgan fingerprint density at radius 3 is 2.88 bits per heavy atom. The third-order valence-corrected chi connectivity index (χ3v) is 7.23. The molecule has 0 saturated carbocycles. The zero-order valence-electron chi connectivity index (χ0n) is 14.8. The SMILES string of the molecule is O=C(C1CCCc2ccc(Cl)cc21)N1CCSCC1CN1CCCC1. The lowest BCUT2D eigenvalue weighted by atomic mass is 9.82. The molecule has 1 aromatic rings. The highest BCUT2D eigenvalue weighted by atomic mass is 35.5. The number of thioether (sulfide) groups is 1. The van der Waals surface area contributed by atoms with Gasteiger partial charge < -0.3 is 9.80 Å². The summed E-state index contributed by atoms with van der Waals surface area (Å²) in [6, 6.07) is 6.48. The van der Waals surface area contributed by atoms with E-state index in [4.69, 9.17) is 11.6 Å². The fraction of sp³-hybridized carbons (Fsp3) is 0.650. The van der Waals surface area contributed by atoms with Crippen LogP contribution in [0.25, 0.3) is 0 Å². The summed E-state index contributed by atoms with van der Waals surface area (Å²) in [6.07, 6.45) is 5.75. The van der Waals surface area contributed by atoms with Crippen LogP contribution in [0.15, 0.2) is 18.2 Å². The van der Waals surface area contributed by atoms with Crippen molar-refractivity contribution in [2.45, 2.75) is 44.1 Å². The number of benzene rings is 1. The van der Waals surface area contributed by atoms with E-state index in [-0.39, 0.29) is 5.92 Å². The summed E-state index contributed by atoms with van der Waals surface area (Å²) in [4.78, 5) is 18.2. The lowest BCUT2D eigenvalue weighted by Gasteiger charge is -2.40. The van der Waals surface area contributed by atoms with Gasteiger partial charge in [-0.15, -0.1) is 0 Å². The van der Waals surface area contributed by atoms with Crippen molar-refractivity contribution >= 4 is 29.3 Å². The van der Waals surface area contributed by atoms with Crippen molar-refractivity contribution in [1.29, 1.82) is 0 Å². The lowest BCUT2D eigenvalue weighted by molar-refractivity contribution is -0.135. The van der Waals surface area contributed by atoms with Crippen LogP contribution in [0.4, 0.5) is 0 Å². The molecule has 1 amide bonds. The average Bonchev–Trinajstić information content (AvgIpc) is 3.14. The van der Waals surface area contributed by atoms with Crippen molar-refractivity contribution in [2.75, 3.05) is 37.7 Å². The Kier molecular flexibility index (Phi) is 5.59. The molecule has 0 spiro atoms. The van der Waals surface area contributed by atoms with Gasteiger partial charge in [-0.1, -0.05) is 17.7 Å². The highest BCUT2D eigenvalue weighted by Crippen LogP contribution is 2.36. The van der Waals surface area contributed by atoms with Crippen LogP contribution < -0.4 is 0 Å². The first-order chi connectivity index (χ1) is 12.2. The maximum Gasteiger partial charge on any atom is 0.230 e. The van der Waals surface area contributed by atoms with E-state index in [2.05, 4.69) is 15.9 Å². The molecular formula is C20H27ClN2OS. The van der Waals surface area contributed by atoms with E-state index in [0.717, 1.165) is 48.9 Å². The zero-order valence-corrected chi connectivity index (χ0v) is 16.3. The predicted octanol–water partition coefficient (Wildman–Crippen LogP) is 3.80. The second kappa shape index (κ2) is 7.89. The summed E-state index contributed by atoms with van der Waals surface area (Å²) in [6.45, 7) is 4.35. The van der Waals surface area contributed by atoms with Crippen molar-refractivity contribution in [3.05, 3.63) is 34.3 Å². The molecule has 1 aliphatic carbocycles. The Morgan fingerprint density at radius 2 is 2.04 bits per heavy atom. The molecule has 0 radical (unpaired) electrons. The van der Waals surface area contributed by atoms with E-state index >= 15 is 0 Å². The molecule has 2 aliphatic heterocycles. The molecule has 0 aromatic heterocycles. The highest BCUT2D eigenvalue weighted by Gasteiger charge is 2.35. The van der Waals surface area contributed by atoms with Gasteiger partial charge >= 0.3 is 0 Å². The van der Waals surface area contributed by atoms with Crippen molar-refractivity contribution in [3.63, 3.8) is 0 Å². The number of fused-ring (bicyclic) bond motifs is 1. The monoisotopic (exact) mass is 378 g/mol. The van der Waals surface area contributed by atoms with Gasteiger partial charge in [0.1, 0.15) is 0 Å². The van der Waals surface area contributed by atoms with Crippen LogP contribution in [0.1, 0.15) is 42.7 Å². The van der Waals surface area contributed by atoms with Crippen LogP contribution in [0, 0.1) is 0 Å². The van der Waals surface area contributed by atoms with Gasteiger partial charge in [0.05, 0.1) is 12.0 Å². The van der Waals surface area contributed by atoms with Crippen LogP contribution >= 0.6 is 23.4 Å². The number of halogens is 1. The van der Waals surface area contributed by atoms with E-state index < -0.39 is 0 Å². The largest absolute Gasteiger partial charge is 0.336 e. The third kappa shape index (κ3) is 3.86. The number of aryl methyl sites for hydroxylation is 1. The topological polar surface area (TPSA) is 23.6 Å². The van der Waals surface area contributed by atoms with Crippen molar-refractivity contribution in [1.82, 2.24) is 9.80 Å². The summed E-state index contributed by atoms with van der Waals surface area (Å²) in [5.41, 5.74) is 2.50.